The molecule has 2 aliphatic heterocycles. The number of piperidine rings is 1. The second-order valence-electron chi connectivity index (χ2n) is 9.04. The number of sulfonamides is 1. The summed E-state index contributed by atoms with van der Waals surface area (Å²) in [6.45, 7) is 6.25. The van der Waals surface area contributed by atoms with E-state index in [1.54, 1.807) is 36.3 Å². The van der Waals surface area contributed by atoms with Crippen molar-refractivity contribution in [2.24, 2.45) is 0 Å². The number of hydrogen-bond donors (Lipinski definition) is 2. The summed E-state index contributed by atoms with van der Waals surface area (Å²) < 4.78 is 64.0. The summed E-state index contributed by atoms with van der Waals surface area (Å²) >= 11 is 0. The van der Waals surface area contributed by atoms with Crippen LogP contribution in [0, 0.1) is 0 Å². The van der Waals surface area contributed by atoms with Crippen molar-refractivity contribution in [3.63, 3.8) is 0 Å². The molecule has 0 radical (unpaired) electrons. The molecule has 0 atom stereocenters. The first-order chi connectivity index (χ1) is 17.9. The second-order valence-corrected chi connectivity index (χ2v) is 11.1. The molecule has 216 valence electrons. The van der Waals surface area contributed by atoms with Crippen LogP contribution in [0.3, 0.4) is 0 Å². The lowest BCUT2D eigenvalue weighted by molar-refractivity contribution is -0.192. The summed E-state index contributed by atoms with van der Waals surface area (Å²) in [6.07, 6.45) is -0.479. The molecule has 14 heteroatoms. The fourth-order valence-electron chi connectivity index (χ4n) is 4.18. The van der Waals surface area contributed by atoms with Crippen LogP contribution < -0.4 is 10.1 Å². The lowest BCUT2D eigenvalue weighted by atomic mass is 10.1. The first-order valence-electron chi connectivity index (χ1n) is 12.6. The van der Waals surface area contributed by atoms with E-state index in [1.807, 2.05) is 0 Å². The number of amides is 1. The molecule has 0 aliphatic carbocycles. The van der Waals surface area contributed by atoms with Crippen molar-refractivity contribution in [3.8, 4) is 5.75 Å². The third kappa shape index (κ3) is 10.8. The number of aliphatic carboxylic acids is 1. The first kappa shape index (κ1) is 31.8. The van der Waals surface area contributed by atoms with E-state index >= 15 is 0 Å². The van der Waals surface area contributed by atoms with E-state index in [-0.39, 0.29) is 18.2 Å². The average molecular weight is 567 g/mol. The van der Waals surface area contributed by atoms with Gasteiger partial charge in [-0.1, -0.05) is 6.42 Å². The highest BCUT2D eigenvalue weighted by atomic mass is 32.2. The zero-order valence-corrected chi connectivity index (χ0v) is 22.4. The predicted molar refractivity (Wildman–Crippen MR) is 136 cm³/mol. The summed E-state index contributed by atoms with van der Waals surface area (Å²) in [5, 5.41) is 10.3. The number of alkyl halides is 3. The highest BCUT2D eigenvalue weighted by Crippen LogP contribution is 2.15. The van der Waals surface area contributed by atoms with Gasteiger partial charge in [0.05, 0.1) is 12.9 Å². The Balaban J connectivity index is 0.000000638. The number of carbonyl (C=O) groups is 2. The monoisotopic (exact) mass is 566 g/mol. The molecule has 0 saturated carbocycles. The normalized spacial score (nSPS) is 17.3. The van der Waals surface area contributed by atoms with E-state index in [4.69, 9.17) is 14.6 Å². The number of benzene rings is 1. The molecule has 1 amide bonds. The van der Waals surface area contributed by atoms with E-state index < -0.39 is 22.2 Å². The maximum atomic E-state index is 13.2. The van der Waals surface area contributed by atoms with Crippen molar-refractivity contribution in [1.29, 1.82) is 0 Å². The Morgan fingerprint density at radius 2 is 1.61 bits per heavy atom. The zero-order valence-electron chi connectivity index (χ0n) is 21.6. The standard InChI is InChI=1S/C22H36N4O4S.C2HF3O2/c1-30-21-8-6-20(7-9-21)22(27)25(15-5-14-24-12-3-2-4-13-24)18-19-31(28,29)26-16-10-23-11-17-26;3-2(4,5)1(6)7/h6-9,23H,2-5,10-19H2,1H3;(H,6,7). The summed E-state index contributed by atoms with van der Waals surface area (Å²) in [7, 11) is -1.79. The van der Waals surface area contributed by atoms with Crippen molar-refractivity contribution in [3.05, 3.63) is 29.8 Å². The van der Waals surface area contributed by atoms with Gasteiger partial charge >= 0.3 is 12.1 Å². The van der Waals surface area contributed by atoms with Crippen LogP contribution >= 0.6 is 0 Å². The summed E-state index contributed by atoms with van der Waals surface area (Å²) in [5.41, 5.74) is 0.554. The van der Waals surface area contributed by atoms with E-state index in [0.29, 0.717) is 44.0 Å². The van der Waals surface area contributed by atoms with Crippen molar-refractivity contribution >= 4 is 21.9 Å². The minimum atomic E-state index is -5.08. The highest BCUT2D eigenvalue weighted by Gasteiger charge is 2.38. The molecule has 1 aromatic carbocycles. The number of ether oxygens (including phenoxy) is 1. The minimum absolute atomic E-state index is 0.0430. The van der Waals surface area contributed by atoms with Crippen LogP contribution in [-0.2, 0) is 14.8 Å². The first-order valence-corrected chi connectivity index (χ1v) is 14.2. The molecule has 2 aliphatic rings. The van der Waals surface area contributed by atoms with Gasteiger partial charge in [0.25, 0.3) is 5.91 Å². The van der Waals surface area contributed by atoms with Crippen LogP contribution in [-0.4, -0.2) is 117 Å². The van der Waals surface area contributed by atoms with Crippen LogP contribution in [0.15, 0.2) is 24.3 Å². The number of likely N-dealkylation sites (tertiary alicyclic amines) is 1. The smallest absolute Gasteiger partial charge is 0.490 e. The van der Waals surface area contributed by atoms with E-state index in [9.17, 15) is 26.4 Å². The number of nitrogens with zero attached hydrogens (tertiary/aromatic N) is 3. The van der Waals surface area contributed by atoms with Crippen LogP contribution in [0.4, 0.5) is 13.2 Å². The van der Waals surface area contributed by atoms with Crippen LogP contribution in [0.5, 0.6) is 5.75 Å². The third-order valence-corrected chi connectivity index (χ3v) is 8.16. The maximum absolute atomic E-state index is 13.2. The topological polar surface area (TPSA) is 119 Å². The molecular weight excluding hydrogens is 529 g/mol. The molecule has 2 N–H and O–H groups in total. The molecule has 0 spiro atoms. The molecular formula is C24H37F3N4O6S. The number of hydrogen-bond acceptors (Lipinski definition) is 7. The van der Waals surface area contributed by atoms with Gasteiger partial charge in [-0.05, 0) is 63.2 Å². The van der Waals surface area contributed by atoms with E-state index in [0.717, 1.165) is 26.1 Å². The number of carboxylic acid groups (broad SMARTS) is 1. The zero-order chi connectivity index (χ0) is 28.2. The molecule has 38 heavy (non-hydrogen) atoms. The number of carboxylic acids is 1. The largest absolute Gasteiger partial charge is 0.497 e. The van der Waals surface area contributed by atoms with Gasteiger partial charge in [0.1, 0.15) is 5.75 Å². The Labute approximate surface area is 221 Å². The number of halogens is 3. The van der Waals surface area contributed by atoms with E-state index in [2.05, 4.69) is 10.2 Å². The molecule has 0 aromatic heterocycles. The molecule has 0 unspecified atom stereocenters. The van der Waals surface area contributed by atoms with Crippen LogP contribution in [0.2, 0.25) is 0 Å². The van der Waals surface area contributed by atoms with Gasteiger partial charge in [-0.25, -0.2) is 13.2 Å². The Morgan fingerprint density at radius 1 is 1.03 bits per heavy atom. The highest BCUT2D eigenvalue weighted by molar-refractivity contribution is 7.89. The number of piperazine rings is 1. The third-order valence-electron chi connectivity index (χ3n) is 6.31. The SMILES string of the molecule is COc1ccc(C(=O)N(CCCN2CCCCC2)CCS(=O)(=O)N2CCNCC2)cc1.O=C(O)C(F)(F)F. The van der Waals surface area contributed by atoms with Crippen LogP contribution in [0.1, 0.15) is 36.0 Å². The van der Waals surface area contributed by atoms with Crippen molar-refractivity contribution in [2.45, 2.75) is 31.9 Å². The average Bonchev–Trinajstić information content (AvgIpc) is 2.91. The van der Waals surface area contributed by atoms with Gasteiger partial charge in [0.15, 0.2) is 0 Å². The Hall–Kier alpha value is -2.42. The maximum Gasteiger partial charge on any atom is 0.490 e. The second kappa shape index (κ2) is 15.2. The van der Waals surface area contributed by atoms with Crippen molar-refractivity contribution < 1.29 is 41.0 Å². The quantitative estimate of drug-likeness (QED) is 0.441. The molecule has 2 saturated heterocycles. The fraction of sp³-hybridized carbons (Fsp3) is 0.667. The number of rotatable bonds is 10. The Morgan fingerprint density at radius 3 is 2.13 bits per heavy atom. The van der Waals surface area contributed by atoms with Crippen LogP contribution in [0.25, 0.3) is 0 Å². The molecule has 0 bridgehead atoms. The Bertz CT molecular complexity index is 980. The summed E-state index contributed by atoms with van der Waals surface area (Å²) in [5.74, 6) is -2.24. The van der Waals surface area contributed by atoms with E-state index in [1.165, 1.54) is 23.6 Å². The summed E-state index contributed by atoms with van der Waals surface area (Å²) in [6, 6.07) is 7.00. The Kier molecular flexibility index (Phi) is 12.8. The van der Waals surface area contributed by atoms with Gasteiger partial charge in [0.2, 0.25) is 10.0 Å². The minimum Gasteiger partial charge on any atom is -0.497 e. The number of methoxy groups -OCH3 is 1. The van der Waals surface area contributed by atoms with Crippen molar-refractivity contribution in [2.75, 3.05) is 71.8 Å². The lowest BCUT2D eigenvalue weighted by Crippen LogP contribution is -2.48. The van der Waals surface area contributed by atoms with Gasteiger partial charge in [-0.15, -0.1) is 0 Å². The van der Waals surface area contributed by atoms with Gasteiger partial charge in [-0.2, -0.15) is 17.5 Å². The molecule has 3 rings (SSSR count). The predicted octanol–water partition coefficient (Wildman–Crippen LogP) is 1.88. The number of nitrogens with one attached hydrogen (secondary N) is 1. The van der Waals surface area contributed by atoms with Gasteiger partial charge < -0.3 is 25.0 Å². The fourth-order valence-corrected chi connectivity index (χ4v) is 5.62. The molecule has 1 aromatic rings. The van der Waals surface area contributed by atoms with Gasteiger partial charge in [0, 0.05) is 44.8 Å². The molecule has 2 heterocycles. The summed E-state index contributed by atoms with van der Waals surface area (Å²) in [4.78, 5) is 26.2. The lowest BCUT2D eigenvalue weighted by Gasteiger charge is -2.30. The van der Waals surface area contributed by atoms with Gasteiger partial charge in [-0.3, -0.25) is 4.79 Å². The molecule has 2 fully saturated rings. The van der Waals surface area contributed by atoms with Crippen molar-refractivity contribution in [1.82, 2.24) is 19.4 Å². The molecule has 10 nitrogen and oxygen atoms in total. The number of carbonyl (C=O) groups excluding carboxylic acids is 1.